The van der Waals surface area contributed by atoms with E-state index >= 15 is 0 Å². The van der Waals surface area contributed by atoms with E-state index in [1.165, 1.54) is 5.56 Å². The topological polar surface area (TPSA) is 43.7 Å². The van der Waals surface area contributed by atoms with Gasteiger partial charge in [0.05, 0.1) is 0 Å². The van der Waals surface area contributed by atoms with E-state index in [-0.39, 0.29) is 11.5 Å². The van der Waals surface area contributed by atoms with E-state index in [2.05, 4.69) is 25.8 Å². The lowest BCUT2D eigenvalue weighted by atomic mass is 9.86. The summed E-state index contributed by atoms with van der Waals surface area (Å²) >= 11 is 0. The summed E-state index contributed by atoms with van der Waals surface area (Å²) in [6.07, 6.45) is 2.84. The number of likely N-dealkylation sites (N-methyl/N-ethyl adjacent to an activating group) is 1. The van der Waals surface area contributed by atoms with Crippen molar-refractivity contribution in [2.45, 2.75) is 45.2 Å². The molecule has 0 saturated carbocycles. The highest BCUT2D eigenvalue weighted by atomic mass is 16.3. The molecule has 1 atom stereocenters. The predicted octanol–water partition coefficient (Wildman–Crippen LogP) is 2.30. The van der Waals surface area contributed by atoms with Crippen molar-refractivity contribution < 1.29 is 10.2 Å². The SMILES string of the molecule is CC(C)N(C)C1CCc2c(ccc(O)c2O)C1. The van der Waals surface area contributed by atoms with Gasteiger partial charge in [-0.15, -0.1) is 0 Å². The molecule has 94 valence electrons. The van der Waals surface area contributed by atoms with Crippen molar-refractivity contribution in [2.75, 3.05) is 7.05 Å². The van der Waals surface area contributed by atoms with Gasteiger partial charge in [-0.25, -0.2) is 0 Å². The Labute approximate surface area is 103 Å². The summed E-state index contributed by atoms with van der Waals surface area (Å²) in [7, 11) is 2.15. The number of aromatic hydroxyl groups is 2. The van der Waals surface area contributed by atoms with E-state index in [1.807, 2.05) is 6.07 Å². The minimum Gasteiger partial charge on any atom is -0.504 e. The molecule has 1 aliphatic rings. The highest BCUT2D eigenvalue weighted by Crippen LogP contribution is 2.36. The van der Waals surface area contributed by atoms with Crippen molar-refractivity contribution >= 4 is 0 Å². The van der Waals surface area contributed by atoms with E-state index in [1.54, 1.807) is 6.07 Å². The van der Waals surface area contributed by atoms with Gasteiger partial charge in [0.25, 0.3) is 0 Å². The zero-order valence-corrected chi connectivity index (χ0v) is 10.8. The second kappa shape index (κ2) is 4.57. The smallest absolute Gasteiger partial charge is 0.160 e. The third kappa shape index (κ3) is 2.25. The van der Waals surface area contributed by atoms with Crippen LogP contribution in [0.25, 0.3) is 0 Å². The van der Waals surface area contributed by atoms with Crippen LogP contribution in [0.5, 0.6) is 11.5 Å². The van der Waals surface area contributed by atoms with Gasteiger partial charge in [-0.2, -0.15) is 0 Å². The largest absolute Gasteiger partial charge is 0.504 e. The first-order valence-electron chi connectivity index (χ1n) is 6.25. The van der Waals surface area contributed by atoms with E-state index in [4.69, 9.17) is 0 Å². The van der Waals surface area contributed by atoms with Crippen LogP contribution >= 0.6 is 0 Å². The third-order valence-corrected chi connectivity index (χ3v) is 3.93. The maximum atomic E-state index is 9.81. The minimum atomic E-state index is -0.000542. The summed E-state index contributed by atoms with van der Waals surface area (Å²) in [5.41, 5.74) is 2.10. The van der Waals surface area contributed by atoms with Crippen molar-refractivity contribution in [1.29, 1.82) is 0 Å². The Morgan fingerprint density at radius 3 is 2.65 bits per heavy atom. The Kier molecular flexibility index (Phi) is 3.29. The molecule has 0 radical (unpaired) electrons. The molecule has 0 spiro atoms. The molecule has 0 amide bonds. The minimum absolute atomic E-state index is 0.000542. The van der Waals surface area contributed by atoms with Gasteiger partial charge in [-0.05, 0) is 51.8 Å². The molecule has 2 rings (SSSR count). The van der Waals surface area contributed by atoms with E-state index in [0.717, 1.165) is 24.8 Å². The fraction of sp³-hybridized carbons (Fsp3) is 0.571. The first-order chi connectivity index (χ1) is 8.00. The van der Waals surface area contributed by atoms with Crippen molar-refractivity contribution in [3.63, 3.8) is 0 Å². The molecule has 1 aromatic rings. The van der Waals surface area contributed by atoms with E-state index < -0.39 is 0 Å². The first kappa shape index (κ1) is 12.2. The maximum Gasteiger partial charge on any atom is 0.160 e. The summed E-state index contributed by atoms with van der Waals surface area (Å²) in [4.78, 5) is 2.38. The summed E-state index contributed by atoms with van der Waals surface area (Å²) in [6, 6.07) is 4.59. The lowest BCUT2D eigenvalue weighted by Crippen LogP contribution is -2.40. The Bertz CT molecular complexity index is 415. The number of hydrogen-bond acceptors (Lipinski definition) is 3. The first-order valence-corrected chi connectivity index (χ1v) is 6.25. The third-order valence-electron chi connectivity index (χ3n) is 3.93. The van der Waals surface area contributed by atoms with Gasteiger partial charge in [0.15, 0.2) is 11.5 Å². The summed E-state index contributed by atoms with van der Waals surface area (Å²) in [6.45, 7) is 4.40. The highest BCUT2D eigenvalue weighted by Gasteiger charge is 2.25. The Morgan fingerprint density at radius 1 is 1.29 bits per heavy atom. The van der Waals surface area contributed by atoms with Crippen LogP contribution in [0.1, 0.15) is 31.4 Å². The van der Waals surface area contributed by atoms with E-state index in [0.29, 0.717) is 12.1 Å². The second-order valence-corrected chi connectivity index (χ2v) is 5.23. The Hall–Kier alpha value is -1.22. The van der Waals surface area contributed by atoms with Gasteiger partial charge >= 0.3 is 0 Å². The van der Waals surface area contributed by atoms with Gasteiger partial charge in [0.2, 0.25) is 0 Å². The molecule has 0 fully saturated rings. The van der Waals surface area contributed by atoms with Crippen molar-refractivity contribution in [3.8, 4) is 11.5 Å². The molecule has 0 aliphatic heterocycles. The summed E-state index contributed by atoms with van der Waals surface area (Å²) < 4.78 is 0. The van der Waals surface area contributed by atoms with Crippen LogP contribution in [0.15, 0.2) is 12.1 Å². The van der Waals surface area contributed by atoms with Crippen molar-refractivity contribution in [1.82, 2.24) is 4.90 Å². The van der Waals surface area contributed by atoms with Crippen LogP contribution in [0.3, 0.4) is 0 Å². The fourth-order valence-electron chi connectivity index (χ4n) is 2.57. The summed E-state index contributed by atoms with van der Waals surface area (Å²) in [5, 5.41) is 19.3. The van der Waals surface area contributed by atoms with Gasteiger partial charge in [0.1, 0.15) is 0 Å². The molecular formula is C14H21NO2. The Morgan fingerprint density at radius 2 is 2.00 bits per heavy atom. The average Bonchev–Trinajstić information content (AvgIpc) is 2.32. The van der Waals surface area contributed by atoms with Crippen LogP contribution in [0, 0.1) is 0 Å². The van der Waals surface area contributed by atoms with Crippen LogP contribution in [0.2, 0.25) is 0 Å². The highest BCUT2D eigenvalue weighted by molar-refractivity contribution is 5.50. The lowest BCUT2D eigenvalue weighted by Gasteiger charge is -2.35. The lowest BCUT2D eigenvalue weighted by molar-refractivity contribution is 0.178. The average molecular weight is 235 g/mol. The monoisotopic (exact) mass is 235 g/mol. The van der Waals surface area contributed by atoms with Gasteiger partial charge in [-0.3, -0.25) is 0 Å². The number of benzene rings is 1. The number of phenolic OH excluding ortho intramolecular Hbond substituents is 2. The van der Waals surface area contributed by atoms with Crippen molar-refractivity contribution in [2.24, 2.45) is 0 Å². The molecule has 0 bridgehead atoms. The molecule has 3 heteroatoms. The maximum absolute atomic E-state index is 9.81. The predicted molar refractivity (Wildman–Crippen MR) is 68.5 cm³/mol. The molecule has 17 heavy (non-hydrogen) atoms. The second-order valence-electron chi connectivity index (χ2n) is 5.23. The fourth-order valence-corrected chi connectivity index (χ4v) is 2.57. The van der Waals surface area contributed by atoms with Gasteiger partial charge in [0, 0.05) is 17.6 Å². The molecule has 0 aromatic heterocycles. The van der Waals surface area contributed by atoms with Crippen LogP contribution in [-0.4, -0.2) is 34.2 Å². The van der Waals surface area contributed by atoms with Crippen LogP contribution in [-0.2, 0) is 12.8 Å². The van der Waals surface area contributed by atoms with Gasteiger partial charge in [-0.1, -0.05) is 6.07 Å². The molecule has 0 heterocycles. The Balaban J connectivity index is 2.23. The molecule has 1 aliphatic carbocycles. The molecule has 2 N–H and O–H groups in total. The van der Waals surface area contributed by atoms with E-state index in [9.17, 15) is 10.2 Å². The standard InChI is InChI=1S/C14H21NO2/c1-9(2)15(3)11-5-6-12-10(8-11)4-7-13(16)14(12)17/h4,7,9,11,16-17H,5-6,8H2,1-3H3. The number of rotatable bonds is 2. The zero-order valence-electron chi connectivity index (χ0n) is 10.8. The van der Waals surface area contributed by atoms with Crippen LogP contribution in [0.4, 0.5) is 0 Å². The normalized spacial score (nSPS) is 19.7. The molecule has 0 saturated heterocycles. The molecular weight excluding hydrogens is 214 g/mol. The van der Waals surface area contributed by atoms with Crippen LogP contribution < -0.4 is 0 Å². The molecule has 1 aromatic carbocycles. The molecule has 1 unspecified atom stereocenters. The van der Waals surface area contributed by atoms with Gasteiger partial charge < -0.3 is 15.1 Å². The summed E-state index contributed by atoms with van der Waals surface area (Å²) in [5.74, 6) is 0.0764. The van der Waals surface area contributed by atoms with Crippen molar-refractivity contribution in [3.05, 3.63) is 23.3 Å². The number of nitrogens with zero attached hydrogens (tertiary/aromatic N) is 1. The zero-order chi connectivity index (χ0) is 12.6. The number of hydrogen-bond donors (Lipinski definition) is 2. The quantitative estimate of drug-likeness (QED) is 0.773. The molecule has 3 nitrogen and oxygen atoms in total. The number of phenols is 2. The number of fused-ring (bicyclic) bond motifs is 1.